The number of amides is 2. The number of hydrogen-bond acceptors (Lipinski definition) is 4. The van der Waals surface area contributed by atoms with Crippen LogP contribution in [0.3, 0.4) is 0 Å². The highest BCUT2D eigenvalue weighted by atomic mass is 16.2. The van der Waals surface area contributed by atoms with Crippen molar-refractivity contribution in [1.29, 1.82) is 0 Å². The minimum Gasteiger partial charge on any atom is -0.338 e. The first-order chi connectivity index (χ1) is 12.2. The maximum absolute atomic E-state index is 12.3. The summed E-state index contributed by atoms with van der Waals surface area (Å²) in [6.45, 7) is 7.71. The van der Waals surface area contributed by atoms with Gasteiger partial charge in [0.1, 0.15) is 0 Å². The number of rotatable bonds is 6. The summed E-state index contributed by atoms with van der Waals surface area (Å²) in [6, 6.07) is 7.93. The lowest BCUT2D eigenvalue weighted by atomic mass is 10.2. The number of carbonyl (C=O) groups excluding carboxylic acids is 1. The van der Waals surface area contributed by atoms with Crippen molar-refractivity contribution in [3.05, 3.63) is 48.5 Å². The molecule has 0 aliphatic carbocycles. The largest absolute Gasteiger partial charge is 0.338 e. The van der Waals surface area contributed by atoms with Crippen LogP contribution < -0.4 is 5.32 Å². The molecule has 0 radical (unpaired) electrons. The van der Waals surface area contributed by atoms with Gasteiger partial charge >= 0.3 is 6.03 Å². The van der Waals surface area contributed by atoms with Gasteiger partial charge in [0.25, 0.3) is 0 Å². The third kappa shape index (κ3) is 5.29. The molecule has 7 heteroatoms. The Balaban J connectivity index is 1.36. The van der Waals surface area contributed by atoms with E-state index in [0.29, 0.717) is 12.5 Å². The van der Waals surface area contributed by atoms with E-state index in [4.69, 9.17) is 0 Å². The van der Waals surface area contributed by atoms with Crippen LogP contribution in [-0.2, 0) is 13.1 Å². The van der Waals surface area contributed by atoms with Gasteiger partial charge in [0.05, 0.1) is 5.69 Å². The van der Waals surface area contributed by atoms with Crippen LogP contribution in [0.1, 0.15) is 12.6 Å². The van der Waals surface area contributed by atoms with Crippen molar-refractivity contribution in [2.24, 2.45) is 5.92 Å². The lowest BCUT2D eigenvalue weighted by Crippen LogP contribution is -2.52. The molecular weight excluding hydrogens is 316 g/mol. The fraction of sp³-hybridized carbons (Fsp3) is 0.500. The summed E-state index contributed by atoms with van der Waals surface area (Å²) >= 11 is 0. The molecule has 2 aromatic rings. The lowest BCUT2D eigenvalue weighted by Gasteiger charge is -2.34. The fourth-order valence-electron chi connectivity index (χ4n) is 3.00. The Morgan fingerprint density at radius 3 is 2.72 bits per heavy atom. The summed E-state index contributed by atoms with van der Waals surface area (Å²) in [5.41, 5.74) is 1.08. The molecule has 0 saturated carbocycles. The van der Waals surface area contributed by atoms with Crippen molar-refractivity contribution in [2.75, 3.05) is 32.7 Å². The summed E-state index contributed by atoms with van der Waals surface area (Å²) in [6.07, 6.45) is 5.54. The molecule has 2 amide bonds. The van der Waals surface area contributed by atoms with Crippen molar-refractivity contribution >= 4 is 6.03 Å². The van der Waals surface area contributed by atoms with Crippen molar-refractivity contribution in [1.82, 2.24) is 29.9 Å². The SMILES string of the molecule is CC(CNC(=O)N1CCN(Cc2ccccn2)CC1)Cn1cccn1. The number of carbonyl (C=O) groups is 1. The first-order valence-electron chi connectivity index (χ1n) is 8.83. The second kappa shape index (κ2) is 8.62. The van der Waals surface area contributed by atoms with Crippen LogP contribution in [0.4, 0.5) is 4.79 Å². The molecule has 3 heterocycles. The highest BCUT2D eigenvalue weighted by Crippen LogP contribution is 2.07. The number of urea groups is 1. The zero-order chi connectivity index (χ0) is 17.5. The monoisotopic (exact) mass is 342 g/mol. The van der Waals surface area contributed by atoms with E-state index in [1.54, 1.807) is 6.20 Å². The Morgan fingerprint density at radius 1 is 1.20 bits per heavy atom. The van der Waals surface area contributed by atoms with Crippen LogP contribution >= 0.6 is 0 Å². The Kier molecular flexibility index (Phi) is 6.00. The van der Waals surface area contributed by atoms with Gasteiger partial charge in [0.2, 0.25) is 0 Å². The third-order valence-corrected chi connectivity index (χ3v) is 4.43. The van der Waals surface area contributed by atoms with Crippen LogP contribution in [0.5, 0.6) is 0 Å². The molecule has 0 bridgehead atoms. The van der Waals surface area contributed by atoms with E-state index in [1.807, 2.05) is 46.2 Å². The third-order valence-electron chi connectivity index (χ3n) is 4.43. The lowest BCUT2D eigenvalue weighted by molar-refractivity contribution is 0.133. The predicted molar refractivity (Wildman–Crippen MR) is 95.9 cm³/mol. The normalized spacial score (nSPS) is 16.6. The van der Waals surface area contributed by atoms with Gasteiger partial charge < -0.3 is 10.2 Å². The van der Waals surface area contributed by atoms with Gasteiger partial charge in [-0.3, -0.25) is 14.6 Å². The van der Waals surface area contributed by atoms with Gasteiger partial charge in [-0.15, -0.1) is 0 Å². The smallest absolute Gasteiger partial charge is 0.317 e. The van der Waals surface area contributed by atoms with Gasteiger partial charge in [-0.25, -0.2) is 4.79 Å². The molecule has 1 aliphatic heterocycles. The summed E-state index contributed by atoms with van der Waals surface area (Å²) in [5.74, 6) is 0.342. The Hall–Kier alpha value is -2.41. The highest BCUT2D eigenvalue weighted by molar-refractivity contribution is 5.74. The van der Waals surface area contributed by atoms with Crippen molar-refractivity contribution in [3.8, 4) is 0 Å². The van der Waals surface area contributed by atoms with Gasteiger partial charge in [-0.05, 0) is 24.1 Å². The molecule has 1 saturated heterocycles. The zero-order valence-electron chi connectivity index (χ0n) is 14.7. The van der Waals surface area contributed by atoms with Crippen LogP contribution in [-0.4, -0.2) is 63.3 Å². The number of nitrogens with one attached hydrogen (secondary N) is 1. The molecule has 3 rings (SSSR count). The molecular formula is C18H26N6O. The molecule has 2 aromatic heterocycles. The van der Waals surface area contributed by atoms with Crippen LogP contribution in [0.2, 0.25) is 0 Å². The molecule has 0 spiro atoms. The molecule has 1 fully saturated rings. The Labute approximate surface area is 148 Å². The van der Waals surface area contributed by atoms with E-state index in [0.717, 1.165) is 45.0 Å². The molecule has 25 heavy (non-hydrogen) atoms. The topological polar surface area (TPSA) is 66.3 Å². The average molecular weight is 342 g/mol. The van der Waals surface area contributed by atoms with E-state index in [9.17, 15) is 4.79 Å². The van der Waals surface area contributed by atoms with Crippen LogP contribution in [0.15, 0.2) is 42.9 Å². The van der Waals surface area contributed by atoms with E-state index in [2.05, 4.69) is 27.2 Å². The minimum atomic E-state index is 0.0322. The van der Waals surface area contributed by atoms with Gasteiger partial charge in [-0.1, -0.05) is 13.0 Å². The maximum atomic E-state index is 12.3. The second-order valence-corrected chi connectivity index (χ2v) is 6.60. The minimum absolute atomic E-state index is 0.0322. The maximum Gasteiger partial charge on any atom is 0.317 e. The summed E-state index contributed by atoms with van der Waals surface area (Å²) < 4.78 is 1.90. The fourth-order valence-corrected chi connectivity index (χ4v) is 3.00. The number of hydrogen-bond donors (Lipinski definition) is 1. The van der Waals surface area contributed by atoms with Crippen molar-refractivity contribution in [3.63, 3.8) is 0 Å². The number of aromatic nitrogens is 3. The van der Waals surface area contributed by atoms with Crippen LogP contribution in [0.25, 0.3) is 0 Å². The molecule has 0 aromatic carbocycles. The first kappa shape index (κ1) is 17.4. The molecule has 1 aliphatic rings. The predicted octanol–water partition coefficient (Wildman–Crippen LogP) is 1.44. The van der Waals surface area contributed by atoms with E-state index < -0.39 is 0 Å². The van der Waals surface area contributed by atoms with Gasteiger partial charge in [0, 0.05) is 64.4 Å². The van der Waals surface area contributed by atoms with Crippen molar-refractivity contribution < 1.29 is 4.79 Å². The quantitative estimate of drug-likeness (QED) is 0.863. The molecule has 134 valence electrons. The second-order valence-electron chi connectivity index (χ2n) is 6.60. The zero-order valence-corrected chi connectivity index (χ0v) is 14.7. The van der Waals surface area contributed by atoms with Gasteiger partial charge in [-0.2, -0.15) is 5.10 Å². The molecule has 7 nitrogen and oxygen atoms in total. The average Bonchev–Trinajstić information content (AvgIpc) is 3.14. The summed E-state index contributed by atoms with van der Waals surface area (Å²) in [4.78, 5) is 20.9. The summed E-state index contributed by atoms with van der Waals surface area (Å²) in [5, 5.41) is 7.24. The number of pyridine rings is 1. The van der Waals surface area contributed by atoms with Crippen molar-refractivity contribution in [2.45, 2.75) is 20.0 Å². The number of nitrogens with zero attached hydrogens (tertiary/aromatic N) is 5. The van der Waals surface area contributed by atoms with Crippen LogP contribution in [0, 0.1) is 5.92 Å². The van der Waals surface area contributed by atoms with Gasteiger partial charge in [0.15, 0.2) is 0 Å². The Morgan fingerprint density at radius 2 is 2.04 bits per heavy atom. The standard InChI is InChI=1S/C18H26N6O/c1-16(14-24-8-4-7-21-24)13-20-18(25)23-11-9-22(10-12-23)15-17-5-2-3-6-19-17/h2-8,16H,9-15H2,1H3,(H,20,25). The summed E-state index contributed by atoms with van der Waals surface area (Å²) in [7, 11) is 0. The first-order valence-corrected chi connectivity index (χ1v) is 8.83. The van der Waals surface area contributed by atoms with E-state index >= 15 is 0 Å². The molecule has 1 atom stereocenters. The Bertz CT molecular complexity index is 637. The van der Waals surface area contributed by atoms with E-state index in [-0.39, 0.29) is 6.03 Å². The molecule has 1 unspecified atom stereocenters. The highest BCUT2D eigenvalue weighted by Gasteiger charge is 2.21. The molecule has 1 N–H and O–H groups in total. The van der Waals surface area contributed by atoms with E-state index in [1.165, 1.54) is 0 Å². The number of piperazine rings is 1.